The fourth-order valence-corrected chi connectivity index (χ4v) is 9.66. The molecule has 0 unspecified atom stereocenters. The number of aliphatic imine (C=N–C) groups is 1. The van der Waals surface area contributed by atoms with Gasteiger partial charge in [-0.2, -0.15) is 0 Å². The zero-order valence-corrected chi connectivity index (χ0v) is 43.0. The smallest absolute Gasteiger partial charge is 0.351 e. The third-order valence-electron chi connectivity index (χ3n) is 12.9. The van der Waals surface area contributed by atoms with Crippen molar-refractivity contribution in [2.45, 2.75) is 181 Å². The van der Waals surface area contributed by atoms with Crippen molar-refractivity contribution in [3.05, 3.63) is 29.4 Å². The number of ether oxygens (including phenoxy) is 4. The number of nitrogens with two attached hydrogens (primary N) is 1. The highest BCUT2D eigenvalue weighted by Gasteiger charge is 2.56. The molecule has 0 aromatic carbocycles. The number of nitrogens with zero attached hydrogens (tertiary/aromatic N) is 5. The Morgan fingerprint density at radius 2 is 1.75 bits per heavy atom. The number of aliphatic hydroxyl groups is 3. The number of aliphatic hydroxyl groups excluding tert-OH is 1. The molecule has 0 saturated carbocycles. The first kappa shape index (κ1) is 57.4. The molecule has 0 aliphatic carbocycles. The highest BCUT2D eigenvalue weighted by molar-refractivity contribution is 7.13. The van der Waals surface area contributed by atoms with E-state index in [-0.39, 0.29) is 44.1 Å². The lowest BCUT2D eigenvalue weighted by Crippen LogP contribution is -2.61. The van der Waals surface area contributed by atoms with Crippen molar-refractivity contribution in [1.82, 2.24) is 14.9 Å². The molecule has 21 heteroatoms. The molecule has 6 N–H and O–H groups in total. The number of carbonyl (C=O) groups is 4. The summed E-state index contributed by atoms with van der Waals surface area (Å²) in [5.74, 6) is -6.58. The van der Waals surface area contributed by atoms with Crippen LogP contribution in [0.5, 0.6) is 0 Å². The van der Waals surface area contributed by atoms with Crippen LogP contribution in [0.4, 0.5) is 10.2 Å². The molecule has 4 heterocycles. The van der Waals surface area contributed by atoms with Crippen LogP contribution in [0.1, 0.15) is 114 Å². The number of pyridine rings is 1. The number of hydrogen-bond donors (Lipinski definition) is 5. The number of nitrogens with one attached hydrogen (secondary N) is 1. The lowest BCUT2D eigenvalue weighted by Gasteiger charge is -2.46. The number of ketones is 1. The fourth-order valence-electron chi connectivity index (χ4n) is 8.91. The minimum atomic E-state index is -3.30. The van der Waals surface area contributed by atoms with E-state index in [0.717, 1.165) is 6.92 Å². The van der Waals surface area contributed by atoms with Crippen LogP contribution < -0.4 is 11.1 Å². The van der Waals surface area contributed by atoms with E-state index in [9.17, 15) is 34.5 Å². The Balaban J connectivity index is 1.68. The van der Waals surface area contributed by atoms with Crippen LogP contribution in [-0.2, 0) is 49.6 Å². The predicted molar refractivity (Wildman–Crippen MR) is 258 cm³/mol. The summed E-state index contributed by atoms with van der Waals surface area (Å²) in [6.45, 7) is 16.4. The van der Waals surface area contributed by atoms with Gasteiger partial charge in [0, 0.05) is 47.2 Å². The van der Waals surface area contributed by atoms with Gasteiger partial charge in [-0.25, -0.2) is 19.2 Å². The molecule has 2 aliphatic heterocycles. The number of rotatable bonds is 15. The summed E-state index contributed by atoms with van der Waals surface area (Å²) in [5.41, 5.74) is 0.0679. The normalized spacial score (nSPS) is 34.2. The maximum atomic E-state index is 16.9. The molecule has 2 aromatic heterocycles. The van der Waals surface area contributed by atoms with Gasteiger partial charge in [-0.05, 0) is 92.4 Å². The van der Waals surface area contributed by atoms with Gasteiger partial charge < -0.3 is 55.1 Å². The Bertz CT molecular complexity index is 2130. The van der Waals surface area contributed by atoms with Crippen molar-refractivity contribution >= 4 is 52.1 Å². The molecule has 4 rings (SSSR count). The van der Waals surface area contributed by atoms with E-state index < -0.39 is 101 Å². The number of carbonyl (C=O) groups excluding carboxylic acids is 4. The van der Waals surface area contributed by atoms with Crippen LogP contribution in [0.25, 0.3) is 10.6 Å². The van der Waals surface area contributed by atoms with E-state index in [4.69, 9.17) is 29.5 Å². The molecule has 2 fully saturated rings. The number of amides is 2. The standard InChI is InChI=1S/C48H74FN7O12S/c1-14-31(55-65-23-32-18-17-30(21-51-32)43-53-35(24-69-43)52-42(60)29(8)50)22-64-41-27(6)37(54-36(57)16-3)25(4)20-46(9,62)40(68-44-38(58)33(56(12)13)19-26(5)66-44)28(7)39(59)47(10,49)45(61)67-34(15-2)48(41,11)63/h17-18,21,24-29,33-34,38,40-41,44,58,62-63H,14-16,19-20,22-23,50H2,1-13H3,(H,52,60)/b54-37+,55-31-/t25-,26-,27+,28+,29+,33+,34-,38-,40-,41-,44+,46-,47+,48-/m1/s1. The number of oxime groups is 1. The largest absolute Gasteiger partial charge is 0.457 e. The van der Waals surface area contributed by atoms with E-state index in [2.05, 4.69) is 25.4 Å². The van der Waals surface area contributed by atoms with Crippen molar-refractivity contribution in [2.24, 2.45) is 33.6 Å². The number of Topliss-reactive ketones (excluding diaryl/α,β-unsaturated/α-hetero) is 1. The van der Waals surface area contributed by atoms with Crippen LogP contribution in [0.15, 0.2) is 33.9 Å². The Morgan fingerprint density at radius 3 is 2.33 bits per heavy atom. The van der Waals surface area contributed by atoms with E-state index in [1.54, 1.807) is 84.2 Å². The van der Waals surface area contributed by atoms with E-state index in [1.165, 1.54) is 32.1 Å². The fraction of sp³-hybridized carbons (Fsp3) is 0.708. The zero-order chi connectivity index (χ0) is 51.8. The number of halogens is 1. The molecule has 69 heavy (non-hydrogen) atoms. The Hall–Kier alpha value is -4.19. The van der Waals surface area contributed by atoms with Crippen molar-refractivity contribution in [2.75, 3.05) is 26.0 Å². The van der Waals surface area contributed by atoms with E-state index in [0.29, 0.717) is 40.6 Å². The summed E-state index contributed by atoms with van der Waals surface area (Å²) in [5, 5.41) is 45.7. The van der Waals surface area contributed by atoms with Crippen molar-refractivity contribution in [3.63, 3.8) is 0 Å². The highest BCUT2D eigenvalue weighted by atomic mass is 32.1. The van der Waals surface area contributed by atoms with Gasteiger partial charge >= 0.3 is 5.97 Å². The quantitative estimate of drug-likeness (QED) is 0.0696. The predicted octanol–water partition coefficient (Wildman–Crippen LogP) is 4.78. The van der Waals surface area contributed by atoms with Gasteiger partial charge in [0.25, 0.3) is 5.67 Å². The molecule has 2 aromatic rings. The van der Waals surface area contributed by atoms with Gasteiger partial charge in [-0.1, -0.05) is 46.7 Å². The average Bonchev–Trinajstić information content (AvgIpc) is 3.76. The second kappa shape index (κ2) is 24.3. The third kappa shape index (κ3) is 14.2. The van der Waals surface area contributed by atoms with Gasteiger partial charge in [-0.15, -0.1) is 11.3 Å². The van der Waals surface area contributed by atoms with Crippen LogP contribution in [-0.4, -0.2) is 152 Å². The lowest BCUT2D eigenvalue weighted by molar-refractivity contribution is -0.293. The zero-order valence-electron chi connectivity index (χ0n) is 42.2. The number of aromatic nitrogens is 2. The summed E-state index contributed by atoms with van der Waals surface area (Å²) in [6, 6.07) is 2.42. The van der Waals surface area contributed by atoms with Crippen LogP contribution in [0.2, 0.25) is 0 Å². The molecular weight excluding hydrogens is 918 g/mol. The third-order valence-corrected chi connectivity index (χ3v) is 13.8. The molecule has 0 bridgehead atoms. The van der Waals surface area contributed by atoms with Gasteiger partial charge in [0.15, 0.2) is 18.7 Å². The maximum Gasteiger partial charge on any atom is 0.351 e. The van der Waals surface area contributed by atoms with Crippen LogP contribution >= 0.6 is 11.3 Å². The molecule has 0 spiro atoms. The number of thiazole rings is 1. The maximum absolute atomic E-state index is 16.9. The molecule has 14 atom stereocenters. The van der Waals surface area contributed by atoms with Crippen LogP contribution in [0.3, 0.4) is 0 Å². The summed E-state index contributed by atoms with van der Waals surface area (Å²) in [4.78, 5) is 74.3. The van der Waals surface area contributed by atoms with Crippen molar-refractivity contribution in [1.29, 1.82) is 0 Å². The minimum absolute atomic E-state index is 0.0205. The molecule has 2 saturated heterocycles. The Morgan fingerprint density at radius 1 is 1.07 bits per heavy atom. The lowest BCUT2D eigenvalue weighted by atomic mass is 9.73. The topological polar surface area (TPSA) is 267 Å². The minimum Gasteiger partial charge on any atom is -0.457 e. The SMILES string of the molecule is CCC(=O)/N=C1\[C@H](C)C[C@@](C)(O)[C@H](O[C@@H]2O[C@H](C)C[C@H](N(C)C)[C@H]2O)[C@@H](C)C(=O)[C@](C)(F)C(=O)O[C@H](CC)[C@@](C)(O)[C@H](OC/C(CC)=N\OCc2ccc(-c3nc(NC(=O)[C@H](C)N)cs3)cn2)[C@H]1C. The van der Waals surface area contributed by atoms with E-state index >= 15 is 4.39 Å². The molecule has 2 amide bonds. The summed E-state index contributed by atoms with van der Waals surface area (Å²) in [6.07, 6.45) is -5.26. The van der Waals surface area contributed by atoms with Gasteiger partial charge in [0.05, 0.1) is 48.0 Å². The van der Waals surface area contributed by atoms with E-state index in [1.807, 2.05) is 6.92 Å². The first-order chi connectivity index (χ1) is 32.2. The number of cyclic esters (lactones) is 1. The number of hydrogen-bond acceptors (Lipinski definition) is 18. The number of esters is 1. The van der Waals surface area contributed by atoms with Gasteiger partial charge in [0.1, 0.15) is 28.6 Å². The highest BCUT2D eigenvalue weighted by Crippen LogP contribution is 2.39. The number of anilines is 1. The molecule has 19 nitrogen and oxygen atoms in total. The summed E-state index contributed by atoms with van der Waals surface area (Å²) < 4.78 is 41.5. The first-order valence-electron chi connectivity index (χ1n) is 23.6. The molecule has 0 radical (unpaired) electrons. The van der Waals surface area contributed by atoms with Gasteiger partial charge in [-0.3, -0.25) is 19.4 Å². The second-order valence-electron chi connectivity index (χ2n) is 19.2. The number of likely N-dealkylation sites (N-methyl/N-ethyl adjacent to an activating group) is 1. The Kier molecular flexibility index (Phi) is 20.2. The van der Waals surface area contributed by atoms with Crippen LogP contribution in [0, 0.1) is 17.8 Å². The monoisotopic (exact) mass is 992 g/mol. The molecule has 2 aliphatic rings. The number of alkyl halides is 1. The average molecular weight is 992 g/mol. The van der Waals surface area contributed by atoms with Crippen molar-refractivity contribution < 1.29 is 62.7 Å². The van der Waals surface area contributed by atoms with Crippen molar-refractivity contribution in [3.8, 4) is 10.6 Å². The second-order valence-corrected chi connectivity index (χ2v) is 20.1. The Labute approximate surface area is 408 Å². The summed E-state index contributed by atoms with van der Waals surface area (Å²) >= 11 is 1.33. The van der Waals surface area contributed by atoms with Gasteiger partial charge in [0.2, 0.25) is 11.8 Å². The summed E-state index contributed by atoms with van der Waals surface area (Å²) in [7, 11) is 3.57. The molecular formula is C48H74FN7O12S. The first-order valence-corrected chi connectivity index (χ1v) is 24.5. The molecule has 386 valence electrons.